The molecule has 0 aromatic heterocycles. The second-order valence-electron chi connectivity index (χ2n) is 3.96. The van der Waals surface area contributed by atoms with Crippen molar-refractivity contribution in [1.82, 2.24) is 0 Å². The fourth-order valence-corrected chi connectivity index (χ4v) is 3.82. The Morgan fingerprint density at radius 2 is 2.40 bits per heavy atom. The second-order valence-corrected chi connectivity index (χ2v) is 6.36. The van der Waals surface area contributed by atoms with E-state index < -0.39 is 0 Å². The highest BCUT2D eigenvalue weighted by Gasteiger charge is 2.28. The van der Waals surface area contributed by atoms with Crippen molar-refractivity contribution in [2.75, 3.05) is 34.8 Å². The number of hydrogen-bond acceptors (Lipinski definition) is 3. The molecule has 1 aromatic carbocycles. The van der Waals surface area contributed by atoms with Crippen LogP contribution in [0.5, 0.6) is 0 Å². The van der Waals surface area contributed by atoms with Crippen molar-refractivity contribution in [3.05, 3.63) is 21.8 Å². The van der Waals surface area contributed by atoms with E-state index in [-0.39, 0.29) is 0 Å². The van der Waals surface area contributed by atoms with Gasteiger partial charge >= 0.3 is 0 Å². The largest absolute Gasteiger partial charge is 0.381 e. The third-order valence-electron chi connectivity index (χ3n) is 3.02. The number of halogens is 1. The number of thioether (sulfide) groups is 1. The fraction of sp³-hybridized carbons (Fsp3) is 0.455. The van der Waals surface area contributed by atoms with Crippen LogP contribution in [0.4, 0.5) is 11.4 Å². The van der Waals surface area contributed by atoms with Crippen molar-refractivity contribution in [2.45, 2.75) is 6.04 Å². The monoisotopic (exact) mass is 332 g/mol. The SMILES string of the molecule is Ic1ccc2c(c1)NCC1CSCCN21. The van der Waals surface area contributed by atoms with Crippen LogP contribution in [0.25, 0.3) is 0 Å². The van der Waals surface area contributed by atoms with Gasteiger partial charge in [-0.2, -0.15) is 11.8 Å². The molecule has 1 atom stereocenters. The van der Waals surface area contributed by atoms with Crippen LogP contribution in [0.3, 0.4) is 0 Å². The first-order chi connectivity index (χ1) is 7.34. The van der Waals surface area contributed by atoms with Gasteiger partial charge in [-0.3, -0.25) is 0 Å². The minimum absolute atomic E-state index is 0.691. The summed E-state index contributed by atoms with van der Waals surface area (Å²) in [7, 11) is 0. The maximum atomic E-state index is 3.54. The van der Waals surface area contributed by atoms with E-state index in [1.165, 1.54) is 33.0 Å². The molecule has 1 N–H and O–H groups in total. The molecule has 1 unspecified atom stereocenters. The van der Waals surface area contributed by atoms with Crippen LogP contribution in [-0.2, 0) is 0 Å². The summed E-state index contributed by atoms with van der Waals surface area (Å²) in [5.41, 5.74) is 2.71. The molecule has 0 spiro atoms. The van der Waals surface area contributed by atoms with E-state index in [1.54, 1.807) is 0 Å². The Bertz CT molecular complexity index is 383. The van der Waals surface area contributed by atoms with Crippen LogP contribution in [0, 0.1) is 3.57 Å². The minimum atomic E-state index is 0.691. The molecule has 0 amide bonds. The molecule has 2 aliphatic rings. The Labute approximate surface area is 108 Å². The Balaban J connectivity index is 1.99. The predicted molar refractivity (Wildman–Crippen MR) is 76.1 cm³/mol. The zero-order valence-electron chi connectivity index (χ0n) is 8.37. The smallest absolute Gasteiger partial charge is 0.0606 e. The Morgan fingerprint density at radius 1 is 1.47 bits per heavy atom. The van der Waals surface area contributed by atoms with Crippen molar-refractivity contribution in [3.8, 4) is 0 Å². The first-order valence-corrected chi connectivity index (χ1v) is 7.46. The molecule has 0 aliphatic carbocycles. The molecule has 3 rings (SSSR count). The predicted octanol–water partition coefficient (Wildman–Crippen LogP) is 2.64. The van der Waals surface area contributed by atoms with Crippen LogP contribution < -0.4 is 10.2 Å². The highest BCUT2D eigenvalue weighted by atomic mass is 127. The summed E-state index contributed by atoms with van der Waals surface area (Å²) >= 11 is 4.45. The summed E-state index contributed by atoms with van der Waals surface area (Å²) in [6.45, 7) is 2.30. The molecule has 0 saturated carbocycles. The first kappa shape index (κ1) is 10.1. The fourth-order valence-electron chi connectivity index (χ4n) is 2.27. The summed E-state index contributed by atoms with van der Waals surface area (Å²) in [6.07, 6.45) is 0. The van der Waals surface area contributed by atoms with Gasteiger partial charge in [-0.1, -0.05) is 0 Å². The van der Waals surface area contributed by atoms with Crippen LogP contribution in [0.1, 0.15) is 0 Å². The topological polar surface area (TPSA) is 15.3 Å². The van der Waals surface area contributed by atoms with Crippen molar-refractivity contribution < 1.29 is 0 Å². The molecule has 1 saturated heterocycles. The maximum Gasteiger partial charge on any atom is 0.0606 e. The third-order valence-corrected chi connectivity index (χ3v) is 4.79. The standard InChI is InChI=1S/C11H13IN2S/c12-8-1-2-11-10(5-8)13-6-9-7-15-4-3-14(9)11/h1-2,5,9,13H,3-4,6-7H2. The number of benzene rings is 1. The summed E-state index contributed by atoms with van der Waals surface area (Å²) in [5.74, 6) is 2.53. The van der Waals surface area contributed by atoms with Gasteiger partial charge in [0.15, 0.2) is 0 Å². The molecule has 2 nitrogen and oxygen atoms in total. The van der Waals surface area contributed by atoms with E-state index >= 15 is 0 Å². The van der Waals surface area contributed by atoms with E-state index in [4.69, 9.17) is 0 Å². The van der Waals surface area contributed by atoms with Crippen molar-refractivity contribution in [2.24, 2.45) is 0 Å². The Kier molecular flexibility index (Phi) is 2.72. The lowest BCUT2D eigenvalue weighted by atomic mass is 10.1. The highest BCUT2D eigenvalue weighted by Crippen LogP contribution is 2.35. The number of nitrogens with one attached hydrogen (secondary N) is 1. The number of rotatable bonds is 0. The lowest BCUT2D eigenvalue weighted by Gasteiger charge is -2.42. The second kappa shape index (κ2) is 4.05. The zero-order valence-corrected chi connectivity index (χ0v) is 11.3. The molecular formula is C11H13IN2S. The van der Waals surface area contributed by atoms with Gasteiger partial charge in [0, 0.05) is 28.2 Å². The van der Waals surface area contributed by atoms with E-state index in [0.29, 0.717) is 6.04 Å². The average Bonchev–Trinajstić information content (AvgIpc) is 2.28. The van der Waals surface area contributed by atoms with Crippen molar-refractivity contribution in [3.63, 3.8) is 0 Å². The molecule has 0 radical (unpaired) electrons. The van der Waals surface area contributed by atoms with Crippen LogP contribution in [0.2, 0.25) is 0 Å². The molecule has 1 aromatic rings. The maximum absolute atomic E-state index is 3.54. The first-order valence-electron chi connectivity index (χ1n) is 5.22. The van der Waals surface area contributed by atoms with Gasteiger partial charge in [0.1, 0.15) is 0 Å². The molecule has 4 heteroatoms. The van der Waals surface area contributed by atoms with Gasteiger partial charge in [0.05, 0.1) is 17.4 Å². The number of hydrogen-bond donors (Lipinski definition) is 1. The van der Waals surface area contributed by atoms with Crippen LogP contribution in [0.15, 0.2) is 18.2 Å². The quantitative estimate of drug-likeness (QED) is 0.736. The van der Waals surface area contributed by atoms with Crippen LogP contribution >= 0.6 is 34.4 Å². The minimum Gasteiger partial charge on any atom is -0.381 e. The summed E-state index contributed by atoms with van der Waals surface area (Å²) in [6, 6.07) is 7.39. The number of nitrogens with zero attached hydrogens (tertiary/aromatic N) is 1. The summed E-state index contributed by atoms with van der Waals surface area (Å²) < 4.78 is 1.31. The third kappa shape index (κ3) is 1.82. The lowest BCUT2D eigenvalue weighted by molar-refractivity contribution is 0.656. The molecule has 80 valence electrons. The Hall–Kier alpha value is -0.100. The normalized spacial score (nSPS) is 24.1. The van der Waals surface area contributed by atoms with Crippen molar-refractivity contribution in [1.29, 1.82) is 0 Å². The highest BCUT2D eigenvalue weighted by molar-refractivity contribution is 14.1. The van der Waals surface area contributed by atoms with Crippen LogP contribution in [-0.4, -0.2) is 30.6 Å². The van der Waals surface area contributed by atoms with E-state index in [2.05, 4.69) is 62.8 Å². The molecule has 2 aliphatic heterocycles. The Morgan fingerprint density at radius 3 is 3.33 bits per heavy atom. The zero-order chi connectivity index (χ0) is 10.3. The molecular weight excluding hydrogens is 319 g/mol. The van der Waals surface area contributed by atoms with Gasteiger partial charge in [0.2, 0.25) is 0 Å². The summed E-state index contributed by atoms with van der Waals surface area (Å²) in [4.78, 5) is 2.57. The average molecular weight is 332 g/mol. The van der Waals surface area contributed by atoms with E-state index in [0.717, 1.165) is 6.54 Å². The van der Waals surface area contributed by atoms with Gasteiger partial charge < -0.3 is 10.2 Å². The molecule has 2 heterocycles. The van der Waals surface area contributed by atoms with E-state index in [1.807, 2.05) is 0 Å². The summed E-state index contributed by atoms with van der Waals surface area (Å²) in [5, 5.41) is 3.54. The van der Waals surface area contributed by atoms with Gasteiger partial charge in [-0.15, -0.1) is 0 Å². The van der Waals surface area contributed by atoms with E-state index in [9.17, 15) is 0 Å². The lowest BCUT2D eigenvalue weighted by Crippen LogP contribution is -2.49. The van der Waals surface area contributed by atoms with Gasteiger partial charge in [-0.05, 0) is 40.8 Å². The van der Waals surface area contributed by atoms with Gasteiger partial charge in [0.25, 0.3) is 0 Å². The molecule has 1 fully saturated rings. The molecule has 0 bridgehead atoms. The number of fused-ring (bicyclic) bond motifs is 3. The van der Waals surface area contributed by atoms with Gasteiger partial charge in [-0.25, -0.2) is 0 Å². The van der Waals surface area contributed by atoms with Crippen molar-refractivity contribution >= 4 is 45.7 Å². The number of anilines is 2. The molecule has 15 heavy (non-hydrogen) atoms.